The van der Waals surface area contributed by atoms with Gasteiger partial charge in [0.15, 0.2) is 5.82 Å². The van der Waals surface area contributed by atoms with Gasteiger partial charge in [-0.15, -0.1) is 0 Å². The third-order valence-electron chi connectivity index (χ3n) is 3.46. The number of unbranched alkanes of at least 4 members (excludes halogenated alkanes) is 1. The van der Waals surface area contributed by atoms with Crippen molar-refractivity contribution in [2.24, 2.45) is 4.99 Å². The Morgan fingerprint density at radius 2 is 2.17 bits per heavy atom. The van der Waals surface area contributed by atoms with Gasteiger partial charge in [0.1, 0.15) is 0 Å². The number of hydrogen-bond donors (Lipinski definition) is 3. The molecule has 7 nitrogen and oxygen atoms in total. The summed E-state index contributed by atoms with van der Waals surface area (Å²) in [5, 5.41) is 12.6. The van der Waals surface area contributed by atoms with Crippen molar-refractivity contribution in [3.05, 3.63) is 23.8 Å². The molecule has 0 unspecified atom stereocenters. The average Bonchev–Trinajstić information content (AvgIpc) is 2.56. The molecule has 2 rings (SSSR count). The van der Waals surface area contributed by atoms with Gasteiger partial charge < -0.3 is 16.2 Å². The summed E-state index contributed by atoms with van der Waals surface area (Å²) in [7, 11) is 1.56. The molecule has 0 aliphatic heterocycles. The van der Waals surface area contributed by atoms with Gasteiger partial charge in [-0.25, -0.2) is 9.98 Å². The number of aliphatic hydroxyl groups excluding tert-OH is 1. The van der Waals surface area contributed by atoms with Crippen LogP contribution in [-0.4, -0.2) is 40.3 Å². The highest BCUT2D eigenvalue weighted by molar-refractivity contribution is 6.10. The maximum absolute atomic E-state index is 12.1. The van der Waals surface area contributed by atoms with Crippen LogP contribution in [0.3, 0.4) is 0 Å². The molecule has 1 heterocycles. The maximum atomic E-state index is 12.1. The Bertz CT molecular complexity index is 743. The topological polar surface area (TPSA) is 113 Å². The van der Waals surface area contributed by atoms with E-state index in [-0.39, 0.29) is 18.5 Å². The quantitative estimate of drug-likeness (QED) is 0.704. The van der Waals surface area contributed by atoms with Crippen molar-refractivity contribution >= 4 is 34.3 Å². The fourth-order valence-corrected chi connectivity index (χ4v) is 2.29. The summed E-state index contributed by atoms with van der Waals surface area (Å²) in [5.41, 5.74) is 7.33. The van der Waals surface area contributed by atoms with Crippen LogP contribution in [-0.2, 0) is 0 Å². The van der Waals surface area contributed by atoms with Gasteiger partial charge in [-0.05, 0) is 25.0 Å². The lowest BCUT2D eigenvalue weighted by Gasteiger charge is -2.09. The number of carbonyl (C=O) groups excluding carboxylic acids is 1. The fraction of sp³-hybridized carbons (Fsp3) is 0.375. The Kier molecular flexibility index (Phi) is 5.59. The Balaban J connectivity index is 2.66. The van der Waals surface area contributed by atoms with Crippen LogP contribution in [0.2, 0.25) is 0 Å². The SMILES string of the molecule is CCCCC(CO)=Nc1nc(N)nc2cccc(C(=O)NC)c12. The highest BCUT2D eigenvalue weighted by Crippen LogP contribution is 2.28. The standard InChI is InChI=1S/C16H21N5O2/c1-3-4-6-10(9-22)19-14-13-11(15(23)18-2)7-5-8-12(13)20-16(17)21-14/h5,7-8,22H,3-4,6,9H2,1-2H3,(H,18,23)(H2,17,20,21). The summed E-state index contributed by atoms with van der Waals surface area (Å²) in [6.45, 7) is 1.91. The Hall–Kier alpha value is -2.54. The van der Waals surface area contributed by atoms with Gasteiger partial charge in [0.25, 0.3) is 5.91 Å². The predicted molar refractivity (Wildman–Crippen MR) is 91.0 cm³/mol. The molecule has 0 aliphatic carbocycles. The molecule has 0 spiro atoms. The van der Waals surface area contributed by atoms with Crippen LogP contribution >= 0.6 is 0 Å². The molecule has 1 amide bonds. The first-order chi connectivity index (χ1) is 11.1. The molecule has 0 saturated heterocycles. The van der Waals surface area contributed by atoms with E-state index < -0.39 is 0 Å². The Labute approximate surface area is 134 Å². The van der Waals surface area contributed by atoms with Crippen molar-refractivity contribution in [3.8, 4) is 0 Å². The molecule has 1 aromatic heterocycles. The zero-order valence-electron chi connectivity index (χ0n) is 13.3. The first-order valence-electron chi connectivity index (χ1n) is 7.56. The van der Waals surface area contributed by atoms with Crippen molar-refractivity contribution < 1.29 is 9.90 Å². The Morgan fingerprint density at radius 1 is 1.39 bits per heavy atom. The molecule has 0 bridgehead atoms. The van der Waals surface area contributed by atoms with Crippen molar-refractivity contribution in [1.82, 2.24) is 15.3 Å². The van der Waals surface area contributed by atoms with E-state index in [2.05, 4.69) is 27.2 Å². The molecule has 122 valence electrons. The number of fused-ring (bicyclic) bond motifs is 1. The zero-order valence-corrected chi connectivity index (χ0v) is 13.3. The van der Waals surface area contributed by atoms with E-state index >= 15 is 0 Å². The minimum Gasteiger partial charge on any atom is -0.390 e. The van der Waals surface area contributed by atoms with Gasteiger partial charge >= 0.3 is 0 Å². The zero-order chi connectivity index (χ0) is 16.8. The number of aliphatic hydroxyl groups is 1. The normalized spacial score (nSPS) is 11.7. The highest BCUT2D eigenvalue weighted by Gasteiger charge is 2.15. The van der Waals surface area contributed by atoms with E-state index in [1.54, 1.807) is 25.2 Å². The third kappa shape index (κ3) is 3.81. The number of rotatable bonds is 6. The fourth-order valence-electron chi connectivity index (χ4n) is 2.29. The first kappa shape index (κ1) is 16.8. The van der Waals surface area contributed by atoms with Gasteiger partial charge in [0.05, 0.1) is 23.1 Å². The number of hydrogen-bond acceptors (Lipinski definition) is 6. The number of nitrogens with zero attached hydrogens (tertiary/aromatic N) is 3. The molecule has 0 saturated carbocycles. The van der Waals surface area contributed by atoms with Gasteiger partial charge in [0.2, 0.25) is 5.95 Å². The summed E-state index contributed by atoms with van der Waals surface area (Å²) in [6, 6.07) is 5.17. The number of nitrogen functional groups attached to an aromatic ring is 1. The lowest BCUT2D eigenvalue weighted by Crippen LogP contribution is -2.18. The summed E-state index contributed by atoms with van der Waals surface area (Å²) < 4.78 is 0. The molecular formula is C16H21N5O2. The number of anilines is 1. The second kappa shape index (κ2) is 7.64. The lowest BCUT2D eigenvalue weighted by atomic mass is 10.1. The molecule has 1 aromatic carbocycles. The number of aromatic nitrogens is 2. The monoisotopic (exact) mass is 315 g/mol. The first-order valence-corrected chi connectivity index (χ1v) is 7.56. The van der Waals surface area contributed by atoms with E-state index in [1.165, 1.54) is 0 Å². The van der Waals surface area contributed by atoms with E-state index in [9.17, 15) is 9.90 Å². The summed E-state index contributed by atoms with van der Waals surface area (Å²) >= 11 is 0. The van der Waals surface area contributed by atoms with Crippen molar-refractivity contribution in [3.63, 3.8) is 0 Å². The molecule has 2 aromatic rings. The minimum atomic E-state index is -0.250. The predicted octanol–water partition coefficient (Wildman–Crippen LogP) is 1.83. The van der Waals surface area contributed by atoms with E-state index in [0.717, 1.165) is 12.8 Å². The third-order valence-corrected chi connectivity index (χ3v) is 3.46. The van der Waals surface area contributed by atoms with Gasteiger partial charge in [-0.3, -0.25) is 4.79 Å². The molecule has 0 fully saturated rings. The number of carbonyl (C=O) groups is 1. The number of nitrogens with one attached hydrogen (secondary N) is 1. The van der Waals surface area contributed by atoms with Gasteiger partial charge in [0, 0.05) is 12.8 Å². The van der Waals surface area contributed by atoms with E-state index in [1.807, 2.05) is 0 Å². The molecule has 0 atom stereocenters. The van der Waals surface area contributed by atoms with Crippen molar-refractivity contribution in [1.29, 1.82) is 0 Å². The van der Waals surface area contributed by atoms with Crippen molar-refractivity contribution in [2.75, 3.05) is 19.4 Å². The van der Waals surface area contributed by atoms with Crippen LogP contribution in [0.25, 0.3) is 10.9 Å². The molecule has 7 heteroatoms. The summed E-state index contributed by atoms with van der Waals surface area (Å²) in [6.07, 6.45) is 2.58. The lowest BCUT2D eigenvalue weighted by molar-refractivity contribution is 0.0964. The van der Waals surface area contributed by atoms with Crippen LogP contribution in [0.15, 0.2) is 23.2 Å². The second-order valence-electron chi connectivity index (χ2n) is 5.12. The smallest absolute Gasteiger partial charge is 0.251 e. The van der Waals surface area contributed by atoms with Crippen LogP contribution in [0.1, 0.15) is 36.5 Å². The van der Waals surface area contributed by atoms with Gasteiger partial charge in [-0.1, -0.05) is 19.4 Å². The molecular weight excluding hydrogens is 294 g/mol. The highest BCUT2D eigenvalue weighted by atomic mass is 16.3. The average molecular weight is 315 g/mol. The number of benzene rings is 1. The summed E-state index contributed by atoms with van der Waals surface area (Å²) in [5.74, 6) is 0.143. The second-order valence-corrected chi connectivity index (χ2v) is 5.12. The van der Waals surface area contributed by atoms with E-state index in [0.29, 0.717) is 34.4 Å². The molecule has 23 heavy (non-hydrogen) atoms. The summed E-state index contributed by atoms with van der Waals surface area (Å²) in [4.78, 5) is 24.9. The number of aliphatic imine (C=N–C) groups is 1. The molecule has 0 radical (unpaired) electrons. The van der Waals surface area contributed by atoms with Crippen LogP contribution < -0.4 is 11.1 Å². The number of amides is 1. The van der Waals surface area contributed by atoms with Crippen LogP contribution in [0.5, 0.6) is 0 Å². The molecule has 4 N–H and O–H groups in total. The molecule has 0 aliphatic rings. The van der Waals surface area contributed by atoms with E-state index in [4.69, 9.17) is 5.73 Å². The van der Waals surface area contributed by atoms with Crippen LogP contribution in [0.4, 0.5) is 11.8 Å². The van der Waals surface area contributed by atoms with Gasteiger partial charge in [-0.2, -0.15) is 4.98 Å². The van der Waals surface area contributed by atoms with Crippen molar-refractivity contribution in [2.45, 2.75) is 26.2 Å². The van der Waals surface area contributed by atoms with Crippen LogP contribution in [0, 0.1) is 0 Å². The maximum Gasteiger partial charge on any atom is 0.251 e. The Morgan fingerprint density at radius 3 is 2.83 bits per heavy atom. The largest absolute Gasteiger partial charge is 0.390 e. The number of nitrogens with two attached hydrogens (primary N) is 1. The minimum absolute atomic E-state index is 0.0816.